The SMILES string of the molecule is CC1CCCn2c(Br)cnc21. The predicted octanol–water partition coefficient (Wildman–Crippen LogP) is 2.54. The van der Waals surface area contributed by atoms with Gasteiger partial charge < -0.3 is 4.57 Å². The Kier molecular flexibility index (Phi) is 1.75. The minimum atomic E-state index is 0.634. The van der Waals surface area contributed by atoms with E-state index in [2.05, 4.69) is 32.4 Å². The normalized spacial score (nSPS) is 23.3. The lowest BCUT2D eigenvalue weighted by atomic mass is 10.0. The maximum absolute atomic E-state index is 4.35. The largest absolute Gasteiger partial charge is 0.323 e. The van der Waals surface area contributed by atoms with Crippen LogP contribution in [0.2, 0.25) is 0 Å². The molecule has 0 radical (unpaired) electrons. The maximum Gasteiger partial charge on any atom is 0.112 e. The quantitative estimate of drug-likeness (QED) is 0.650. The number of hydrogen-bond donors (Lipinski definition) is 0. The zero-order chi connectivity index (χ0) is 7.84. The second kappa shape index (κ2) is 2.63. The van der Waals surface area contributed by atoms with Gasteiger partial charge in [0.05, 0.1) is 6.20 Å². The molecule has 1 atom stereocenters. The van der Waals surface area contributed by atoms with Crippen molar-refractivity contribution in [3.63, 3.8) is 0 Å². The van der Waals surface area contributed by atoms with Crippen LogP contribution in [0.15, 0.2) is 10.8 Å². The van der Waals surface area contributed by atoms with Gasteiger partial charge in [0.25, 0.3) is 0 Å². The summed E-state index contributed by atoms with van der Waals surface area (Å²) in [5.41, 5.74) is 0. The van der Waals surface area contributed by atoms with Crippen molar-refractivity contribution >= 4 is 15.9 Å². The van der Waals surface area contributed by atoms with Crippen molar-refractivity contribution in [2.45, 2.75) is 32.2 Å². The Balaban J connectivity index is 2.46. The van der Waals surface area contributed by atoms with E-state index in [1.165, 1.54) is 18.7 Å². The van der Waals surface area contributed by atoms with Crippen LogP contribution in [0.1, 0.15) is 31.5 Å². The van der Waals surface area contributed by atoms with Gasteiger partial charge >= 0.3 is 0 Å². The Morgan fingerprint density at radius 2 is 2.55 bits per heavy atom. The molecule has 0 amide bonds. The number of rotatable bonds is 0. The molecule has 0 aliphatic carbocycles. The molecule has 60 valence electrons. The fourth-order valence-electron chi connectivity index (χ4n) is 1.67. The Morgan fingerprint density at radius 1 is 1.73 bits per heavy atom. The van der Waals surface area contributed by atoms with Crippen molar-refractivity contribution in [2.75, 3.05) is 0 Å². The third-order valence-electron chi connectivity index (χ3n) is 2.30. The van der Waals surface area contributed by atoms with Crippen LogP contribution < -0.4 is 0 Å². The summed E-state index contributed by atoms with van der Waals surface area (Å²) in [6.07, 6.45) is 4.46. The molecule has 1 unspecified atom stereocenters. The van der Waals surface area contributed by atoms with E-state index >= 15 is 0 Å². The van der Waals surface area contributed by atoms with E-state index in [4.69, 9.17) is 0 Å². The lowest BCUT2D eigenvalue weighted by Gasteiger charge is -2.20. The van der Waals surface area contributed by atoms with Crippen LogP contribution in [0, 0.1) is 0 Å². The first-order valence-electron chi connectivity index (χ1n) is 4.00. The highest BCUT2D eigenvalue weighted by Gasteiger charge is 2.18. The Hall–Kier alpha value is -0.310. The monoisotopic (exact) mass is 214 g/mol. The summed E-state index contributed by atoms with van der Waals surface area (Å²) < 4.78 is 3.38. The summed E-state index contributed by atoms with van der Waals surface area (Å²) in [7, 11) is 0. The average molecular weight is 215 g/mol. The summed E-state index contributed by atoms with van der Waals surface area (Å²) in [6.45, 7) is 3.37. The molecular weight excluding hydrogens is 204 g/mol. The first kappa shape index (κ1) is 7.35. The van der Waals surface area contributed by atoms with Crippen molar-refractivity contribution in [3.8, 4) is 0 Å². The molecule has 1 aromatic rings. The van der Waals surface area contributed by atoms with Crippen molar-refractivity contribution in [2.24, 2.45) is 0 Å². The van der Waals surface area contributed by atoms with Gasteiger partial charge in [-0.1, -0.05) is 6.92 Å². The molecular formula is C8H11BrN2. The van der Waals surface area contributed by atoms with Gasteiger partial charge in [-0.25, -0.2) is 4.98 Å². The van der Waals surface area contributed by atoms with Crippen LogP contribution in [0.3, 0.4) is 0 Å². The standard InChI is InChI=1S/C8H11BrN2/c1-6-3-2-4-11-7(9)5-10-8(6)11/h5-6H,2-4H2,1H3. The molecule has 2 nitrogen and oxygen atoms in total. The lowest BCUT2D eigenvalue weighted by molar-refractivity contribution is 0.459. The highest BCUT2D eigenvalue weighted by atomic mass is 79.9. The zero-order valence-corrected chi connectivity index (χ0v) is 8.13. The first-order chi connectivity index (χ1) is 5.29. The highest BCUT2D eigenvalue weighted by Crippen LogP contribution is 2.28. The van der Waals surface area contributed by atoms with Gasteiger partial charge in [-0.05, 0) is 28.8 Å². The summed E-state index contributed by atoms with van der Waals surface area (Å²) in [6, 6.07) is 0. The third kappa shape index (κ3) is 1.11. The Labute approximate surface area is 74.8 Å². The molecule has 0 aromatic carbocycles. The van der Waals surface area contributed by atoms with Crippen LogP contribution >= 0.6 is 15.9 Å². The molecule has 0 fully saturated rings. The van der Waals surface area contributed by atoms with Gasteiger partial charge in [-0.2, -0.15) is 0 Å². The molecule has 1 aliphatic rings. The lowest BCUT2D eigenvalue weighted by Crippen LogP contribution is -2.13. The molecule has 0 N–H and O–H groups in total. The molecule has 0 spiro atoms. The van der Waals surface area contributed by atoms with Gasteiger partial charge in [-0.15, -0.1) is 0 Å². The molecule has 11 heavy (non-hydrogen) atoms. The van der Waals surface area contributed by atoms with E-state index in [9.17, 15) is 0 Å². The van der Waals surface area contributed by atoms with Gasteiger partial charge in [0.1, 0.15) is 10.4 Å². The van der Waals surface area contributed by atoms with E-state index in [1.807, 2.05) is 6.20 Å². The van der Waals surface area contributed by atoms with Crippen molar-refractivity contribution in [1.29, 1.82) is 0 Å². The minimum absolute atomic E-state index is 0.634. The fraction of sp³-hybridized carbons (Fsp3) is 0.625. The van der Waals surface area contributed by atoms with E-state index in [0.29, 0.717) is 5.92 Å². The summed E-state index contributed by atoms with van der Waals surface area (Å²) >= 11 is 3.48. The smallest absolute Gasteiger partial charge is 0.112 e. The molecule has 2 rings (SSSR count). The number of imidazole rings is 1. The van der Waals surface area contributed by atoms with Crippen molar-refractivity contribution in [3.05, 3.63) is 16.6 Å². The van der Waals surface area contributed by atoms with E-state index in [-0.39, 0.29) is 0 Å². The molecule has 1 aromatic heterocycles. The molecule has 1 aliphatic heterocycles. The minimum Gasteiger partial charge on any atom is -0.323 e. The van der Waals surface area contributed by atoms with Gasteiger partial charge in [-0.3, -0.25) is 0 Å². The van der Waals surface area contributed by atoms with Crippen LogP contribution in [0.5, 0.6) is 0 Å². The number of aromatic nitrogens is 2. The van der Waals surface area contributed by atoms with E-state index < -0.39 is 0 Å². The number of nitrogens with zero attached hydrogens (tertiary/aromatic N) is 2. The molecule has 2 heterocycles. The van der Waals surface area contributed by atoms with Gasteiger partial charge in [0.2, 0.25) is 0 Å². The number of halogens is 1. The summed E-state index contributed by atoms with van der Waals surface area (Å²) in [5, 5.41) is 0. The summed E-state index contributed by atoms with van der Waals surface area (Å²) in [5.74, 6) is 1.87. The second-order valence-corrected chi connectivity index (χ2v) is 3.95. The summed E-state index contributed by atoms with van der Waals surface area (Å²) in [4.78, 5) is 4.35. The molecule has 3 heteroatoms. The van der Waals surface area contributed by atoms with Gasteiger partial charge in [0, 0.05) is 12.5 Å². The van der Waals surface area contributed by atoms with Crippen molar-refractivity contribution in [1.82, 2.24) is 9.55 Å². The Bertz CT molecular complexity index is 267. The first-order valence-corrected chi connectivity index (χ1v) is 4.79. The number of hydrogen-bond acceptors (Lipinski definition) is 1. The fourth-order valence-corrected chi connectivity index (χ4v) is 2.13. The van der Waals surface area contributed by atoms with Crippen LogP contribution in [0.4, 0.5) is 0 Å². The van der Waals surface area contributed by atoms with E-state index in [0.717, 1.165) is 11.1 Å². The van der Waals surface area contributed by atoms with Crippen LogP contribution in [0.25, 0.3) is 0 Å². The second-order valence-electron chi connectivity index (χ2n) is 3.13. The van der Waals surface area contributed by atoms with E-state index in [1.54, 1.807) is 0 Å². The topological polar surface area (TPSA) is 17.8 Å². The van der Waals surface area contributed by atoms with Crippen molar-refractivity contribution < 1.29 is 0 Å². The maximum atomic E-state index is 4.35. The van der Waals surface area contributed by atoms with Crippen LogP contribution in [-0.2, 0) is 6.54 Å². The number of fused-ring (bicyclic) bond motifs is 1. The molecule has 0 bridgehead atoms. The molecule has 0 saturated carbocycles. The average Bonchev–Trinajstić information content (AvgIpc) is 2.35. The zero-order valence-electron chi connectivity index (χ0n) is 6.55. The third-order valence-corrected chi connectivity index (χ3v) is 2.93. The Morgan fingerprint density at radius 3 is 3.27 bits per heavy atom. The highest BCUT2D eigenvalue weighted by molar-refractivity contribution is 9.10. The van der Waals surface area contributed by atoms with Crippen LogP contribution in [-0.4, -0.2) is 9.55 Å². The molecule has 0 saturated heterocycles. The predicted molar refractivity (Wildman–Crippen MR) is 47.6 cm³/mol. The van der Waals surface area contributed by atoms with Gasteiger partial charge in [0.15, 0.2) is 0 Å².